The van der Waals surface area contributed by atoms with Crippen molar-refractivity contribution in [1.82, 2.24) is 0 Å². The van der Waals surface area contributed by atoms with Crippen LogP contribution in [0, 0.1) is 28.4 Å². The van der Waals surface area contributed by atoms with Gasteiger partial charge in [-0.25, -0.2) is 0 Å². The molecule has 6 nitrogen and oxygen atoms in total. The topological polar surface area (TPSA) is 93.2 Å². The quantitative estimate of drug-likeness (QED) is 0.327. The third kappa shape index (κ3) is 2.15. The predicted octanol–water partition coefficient (Wildman–Crippen LogP) is 1.70. The number of nitro groups is 1. The van der Waals surface area contributed by atoms with Crippen molar-refractivity contribution in [2.75, 3.05) is 0 Å². The highest BCUT2D eigenvalue weighted by Gasteiger charge is 2.22. The van der Waals surface area contributed by atoms with Gasteiger partial charge < -0.3 is 4.74 Å². The van der Waals surface area contributed by atoms with E-state index in [-0.39, 0.29) is 22.6 Å². The fourth-order valence-electron chi connectivity index (χ4n) is 1.26. The maximum absolute atomic E-state index is 10.8. The molecule has 0 heterocycles. The van der Waals surface area contributed by atoms with Crippen LogP contribution in [0.15, 0.2) is 12.1 Å². The fraction of sp³-hybridized carbons (Fsp3) is 0.200. The molecule has 1 aromatic rings. The van der Waals surface area contributed by atoms with Gasteiger partial charge in [-0.2, -0.15) is 5.26 Å². The number of carbonyl (C=O) groups excluding carboxylic acids is 1. The molecule has 0 aliphatic heterocycles. The maximum Gasteiger partial charge on any atom is 0.315 e. The number of benzene rings is 1. The number of carbonyl (C=O) groups is 1. The van der Waals surface area contributed by atoms with Crippen molar-refractivity contribution in [3.05, 3.63) is 33.4 Å². The highest BCUT2D eigenvalue weighted by Crippen LogP contribution is 2.32. The molecule has 0 atom stereocenters. The third-order valence-corrected chi connectivity index (χ3v) is 1.95. The molecule has 1 aromatic carbocycles. The van der Waals surface area contributed by atoms with Crippen molar-refractivity contribution in [2.24, 2.45) is 0 Å². The lowest BCUT2D eigenvalue weighted by molar-refractivity contribution is -0.386. The lowest BCUT2D eigenvalue weighted by atomic mass is 10.1. The highest BCUT2D eigenvalue weighted by molar-refractivity contribution is 5.72. The molecule has 6 heteroatoms. The average molecular weight is 220 g/mol. The molecule has 0 spiro atoms. The van der Waals surface area contributed by atoms with E-state index in [0.717, 1.165) is 6.92 Å². The standard InChI is InChI=1S/C10H8N2O4/c1-6-8(5-11)3-4-9(16-7(2)13)10(6)12(14)15/h3-4H,1-2H3. The smallest absolute Gasteiger partial charge is 0.315 e. The summed E-state index contributed by atoms with van der Waals surface area (Å²) in [7, 11) is 0. The molecule has 0 N–H and O–H groups in total. The lowest BCUT2D eigenvalue weighted by Crippen LogP contribution is -2.05. The molecule has 0 amide bonds. The summed E-state index contributed by atoms with van der Waals surface area (Å²) >= 11 is 0. The lowest BCUT2D eigenvalue weighted by Gasteiger charge is -2.05. The van der Waals surface area contributed by atoms with E-state index in [1.807, 2.05) is 6.07 Å². The van der Waals surface area contributed by atoms with Gasteiger partial charge in [0.25, 0.3) is 0 Å². The minimum atomic E-state index is -0.672. The van der Waals surface area contributed by atoms with Gasteiger partial charge in [0.05, 0.1) is 16.6 Å². The minimum absolute atomic E-state index is 0.144. The molecule has 0 aliphatic carbocycles. The van der Waals surface area contributed by atoms with Crippen LogP contribution in [0.3, 0.4) is 0 Å². The number of hydrogen-bond donors (Lipinski definition) is 0. The van der Waals surface area contributed by atoms with E-state index in [2.05, 4.69) is 0 Å². The number of hydrogen-bond acceptors (Lipinski definition) is 5. The monoisotopic (exact) mass is 220 g/mol. The second-order valence-electron chi connectivity index (χ2n) is 3.05. The zero-order chi connectivity index (χ0) is 12.3. The molecule has 0 saturated carbocycles. The summed E-state index contributed by atoms with van der Waals surface area (Å²) in [5, 5.41) is 19.5. The van der Waals surface area contributed by atoms with Crippen LogP contribution < -0.4 is 4.74 Å². The first-order valence-electron chi connectivity index (χ1n) is 4.34. The molecule has 0 aliphatic rings. The normalized spacial score (nSPS) is 9.31. The van der Waals surface area contributed by atoms with E-state index in [1.54, 1.807) is 0 Å². The van der Waals surface area contributed by atoms with E-state index < -0.39 is 10.9 Å². The predicted molar refractivity (Wildman–Crippen MR) is 53.9 cm³/mol. The summed E-state index contributed by atoms with van der Waals surface area (Å²) in [6, 6.07) is 4.44. The molecule has 0 saturated heterocycles. The number of esters is 1. The van der Waals surface area contributed by atoms with E-state index >= 15 is 0 Å². The Labute approximate surface area is 91.2 Å². The van der Waals surface area contributed by atoms with Gasteiger partial charge in [-0.05, 0) is 19.1 Å². The number of nitriles is 1. The summed E-state index contributed by atoms with van der Waals surface area (Å²) in [5.74, 6) is -0.791. The van der Waals surface area contributed by atoms with Gasteiger partial charge >= 0.3 is 11.7 Å². The number of rotatable bonds is 2. The Morgan fingerprint density at radius 2 is 2.19 bits per heavy atom. The molecule has 0 radical (unpaired) electrons. The largest absolute Gasteiger partial charge is 0.419 e. The van der Waals surface area contributed by atoms with Crippen LogP contribution in [0.2, 0.25) is 0 Å². The van der Waals surface area contributed by atoms with Crippen molar-refractivity contribution in [3.8, 4) is 11.8 Å². The van der Waals surface area contributed by atoms with Gasteiger partial charge in [-0.15, -0.1) is 0 Å². The third-order valence-electron chi connectivity index (χ3n) is 1.95. The zero-order valence-corrected chi connectivity index (χ0v) is 8.68. The molecule has 0 fully saturated rings. The van der Waals surface area contributed by atoms with E-state index in [1.165, 1.54) is 19.1 Å². The molecular formula is C10H8N2O4. The molecule has 0 unspecified atom stereocenters. The first-order valence-corrected chi connectivity index (χ1v) is 4.34. The van der Waals surface area contributed by atoms with E-state index in [9.17, 15) is 14.9 Å². The van der Waals surface area contributed by atoms with E-state index in [0.29, 0.717) is 0 Å². The van der Waals surface area contributed by atoms with Crippen molar-refractivity contribution >= 4 is 11.7 Å². The zero-order valence-electron chi connectivity index (χ0n) is 8.68. The Bertz CT molecular complexity index is 502. The highest BCUT2D eigenvalue weighted by atomic mass is 16.6. The Hall–Kier alpha value is -2.42. The SMILES string of the molecule is CC(=O)Oc1ccc(C#N)c(C)c1[N+](=O)[O-]. The summed E-state index contributed by atoms with van der Waals surface area (Å²) in [4.78, 5) is 20.9. The molecule has 1 rings (SSSR count). The van der Waals surface area contributed by atoms with Crippen LogP contribution in [0.4, 0.5) is 5.69 Å². The van der Waals surface area contributed by atoms with Crippen molar-refractivity contribution in [1.29, 1.82) is 5.26 Å². The van der Waals surface area contributed by atoms with Crippen LogP contribution in [0.1, 0.15) is 18.1 Å². The summed E-state index contributed by atoms with van der Waals surface area (Å²) in [5.41, 5.74) is 0.0168. The Morgan fingerprint density at radius 1 is 1.56 bits per heavy atom. The van der Waals surface area contributed by atoms with Crippen LogP contribution in [0.25, 0.3) is 0 Å². The van der Waals surface area contributed by atoms with Crippen molar-refractivity contribution in [3.63, 3.8) is 0 Å². The van der Waals surface area contributed by atoms with Crippen LogP contribution >= 0.6 is 0 Å². The Kier molecular flexibility index (Phi) is 3.20. The molecule has 82 valence electrons. The Morgan fingerprint density at radius 3 is 2.62 bits per heavy atom. The van der Waals surface area contributed by atoms with Gasteiger partial charge in [-0.3, -0.25) is 14.9 Å². The minimum Gasteiger partial charge on any atom is -0.419 e. The van der Waals surface area contributed by atoms with E-state index in [4.69, 9.17) is 10.00 Å². The molecule has 0 aromatic heterocycles. The van der Waals surface area contributed by atoms with Gasteiger partial charge in [0.15, 0.2) is 0 Å². The van der Waals surface area contributed by atoms with Crippen LogP contribution in [-0.2, 0) is 4.79 Å². The number of nitro benzene ring substituents is 1. The maximum atomic E-state index is 10.8. The summed E-state index contributed by atoms with van der Waals surface area (Å²) in [6.45, 7) is 2.58. The molecule has 16 heavy (non-hydrogen) atoms. The van der Waals surface area contributed by atoms with Crippen LogP contribution in [-0.4, -0.2) is 10.9 Å². The second kappa shape index (κ2) is 4.40. The average Bonchev–Trinajstić information content (AvgIpc) is 2.16. The van der Waals surface area contributed by atoms with Crippen LogP contribution in [0.5, 0.6) is 5.75 Å². The fourth-order valence-corrected chi connectivity index (χ4v) is 1.26. The van der Waals surface area contributed by atoms with Crippen molar-refractivity contribution < 1.29 is 14.5 Å². The first kappa shape index (κ1) is 11.7. The Balaban J connectivity index is 3.41. The second-order valence-corrected chi connectivity index (χ2v) is 3.05. The number of nitrogens with zero attached hydrogens (tertiary/aromatic N) is 2. The van der Waals surface area contributed by atoms with Gasteiger partial charge in [-0.1, -0.05) is 0 Å². The summed E-state index contributed by atoms with van der Waals surface area (Å²) < 4.78 is 4.70. The van der Waals surface area contributed by atoms with Gasteiger partial charge in [0.2, 0.25) is 5.75 Å². The van der Waals surface area contributed by atoms with Gasteiger partial charge in [0.1, 0.15) is 0 Å². The first-order chi connectivity index (χ1) is 7.47. The summed E-state index contributed by atoms with van der Waals surface area (Å²) in [6.07, 6.45) is 0. The molecule has 0 bridgehead atoms. The molecular weight excluding hydrogens is 212 g/mol. The number of ether oxygens (including phenoxy) is 1. The van der Waals surface area contributed by atoms with Crippen molar-refractivity contribution in [2.45, 2.75) is 13.8 Å². The van der Waals surface area contributed by atoms with Gasteiger partial charge in [0, 0.05) is 12.5 Å².